The molecule has 4 amide bonds. The molecule has 2 heterocycles. The number of aromatic hydroxyl groups is 1. The Bertz CT molecular complexity index is 2020. The number of phenols is 1. The zero-order valence-corrected chi connectivity index (χ0v) is 26.2. The summed E-state index contributed by atoms with van der Waals surface area (Å²) in [6.45, 7) is 0. The minimum Gasteiger partial charge on any atom is -0.508 e. The Balaban J connectivity index is 1.32. The second-order valence-electron chi connectivity index (χ2n) is 12.8. The molecule has 4 aliphatic rings. The van der Waals surface area contributed by atoms with E-state index in [0.717, 1.165) is 10.6 Å². The van der Waals surface area contributed by atoms with Crippen LogP contribution in [0, 0.1) is 29.5 Å². The standard InChI is InChI=1S/C38H29ClFN3O5/c39-23-11-9-22(10-12-23)38-31(35(46)43(37(38)48)41-25-15-13-24(40)14-16-25)20-30-28(33(38)21-5-4-8-27(44)19-21)17-18-29-32(30)36(47)42(34(29)45)26-6-2-1-3-7-26/h1-17,19,29-33,41,44H,18,20H2. The van der Waals surface area contributed by atoms with Gasteiger partial charge in [0.1, 0.15) is 11.6 Å². The van der Waals surface area contributed by atoms with Crippen molar-refractivity contribution < 1.29 is 28.7 Å². The van der Waals surface area contributed by atoms with Crippen LogP contribution in [0.1, 0.15) is 29.9 Å². The Morgan fingerprint density at radius 3 is 2.25 bits per heavy atom. The summed E-state index contributed by atoms with van der Waals surface area (Å²) in [5, 5.41) is 12.1. The Morgan fingerprint density at radius 1 is 0.812 bits per heavy atom. The number of imide groups is 2. The maximum absolute atomic E-state index is 15.1. The van der Waals surface area contributed by atoms with Crippen LogP contribution in [0.4, 0.5) is 15.8 Å². The van der Waals surface area contributed by atoms with Gasteiger partial charge in [-0.05, 0) is 90.6 Å². The number of carbonyl (C=O) groups is 4. The monoisotopic (exact) mass is 661 g/mol. The highest BCUT2D eigenvalue weighted by Gasteiger charge is 2.70. The number of hydrazine groups is 1. The van der Waals surface area contributed by atoms with Crippen LogP contribution in [0.25, 0.3) is 0 Å². The van der Waals surface area contributed by atoms with E-state index in [-0.39, 0.29) is 30.4 Å². The van der Waals surface area contributed by atoms with E-state index in [9.17, 15) is 23.9 Å². The Kier molecular flexibility index (Phi) is 7.00. The summed E-state index contributed by atoms with van der Waals surface area (Å²) in [6.07, 6.45) is 2.36. The Hall–Kier alpha value is -5.28. The number of para-hydroxylation sites is 1. The molecule has 3 fully saturated rings. The normalized spacial score (nSPS) is 27.8. The van der Waals surface area contributed by atoms with Crippen molar-refractivity contribution >= 4 is 46.6 Å². The number of allylic oxidation sites excluding steroid dienone is 2. The third kappa shape index (κ3) is 4.34. The molecule has 0 aromatic heterocycles. The van der Waals surface area contributed by atoms with Crippen LogP contribution in [-0.4, -0.2) is 33.7 Å². The number of halogens is 2. The molecule has 2 aliphatic carbocycles. The lowest BCUT2D eigenvalue weighted by Crippen LogP contribution is -2.53. The van der Waals surface area contributed by atoms with Crippen molar-refractivity contribution in [1.82, 2.24) is 5.01 Å². The molecule has 4 aromatic carbocycles. The largest absolute Gasteiger partial charge is 0.508 e. The number of hydrogen-bond acceptors (Lipinski definition) is 6. The zero-order valence-electron chi connectivity index (χ0n) is 25.4. The number of phenolic OH excluding ortho intramolecular Hbond substituents is 1. The van der Waals surface area contributed by atoms with E-state index in [1.165, 1.54) is 35.2 Å². The van der Waals surface area contributed by atoms with E-state index in [4.69, 9.17) is 11.6 Å². The van der Waals surface area contributed by atoms with Crippen molar-refractivity contribution in [1.29, 1.82) is 0 Å². The number of anilines is 2. The average Bonchev–Trinajstić information content (AvgIpc) is 3.47. The molecular weight excluding hydrogens is 633 g/mol. The minimum atomic E-state index is -1.51. The van der Waals surface area contributed by atoms with Crippen LogP contribution >= 0.6 is 11.6 Å². The van der Waals surface area contributed by atoms with Crippen molar-refractivity contribution in [3.8, 4) is 5.75 Å². The Morgan fingerprint density at radius 2 is 1.54 bits per heavy atom. The first-order chi connectivity index (χ1) is 23.2. The van der Waals surface area contributed by atoms with Gasteiger partial charge in [-0.2, -0.15) is 5.01 Å². The number of carbonyl (C=O) groups excluding carboxylic acids is 4. The summed E-state index contributed by atoms with van der Waals surface area (Å²) in [5.74, 6) is -5.84. The predicted octanol–water partition coefficient (Wildman–Crippen LogP) is 6.37. The number of fused-ring (bicyclic) bond motifs is 4. The summed E-state index contributed by atoms with van der Waals surface area (Å²) in [7, 11) is 0. The highest BCUT2D eigenvalue weighted by atomic mass is 35.5. The van der Waals surface area contributed by atoms with Gasteiger partial charge in [-0.15, -0.1) is 0 Å². The summed E-state index contributed by atoms with van der Waals surface area (Å²) >= 11 is 6.32. The highest BCUT2D eigenvalue weighted by Crippen LogP contribution is 2.64. The van der Waals surface area contributed by atoms with E-state index in [1.54, 1.807) is 66.7 Å². The molecule has 0 bridgehead atoms. The molecule has 10 heteroatoms. The van der Waals surface area contributed by atoms with Gasteiger partial charge in [0, 0.05) is 10.9 Å². The van der Waals surface area contributed by atoms with Crippen LogP contribution in [-0.2, 0) is 24.6 Å². The van der Waals surface area contributed by atoms with Crippen LogP contribution in [0.5, 0.6) is 5.75 Å². The second-order valence-corrected chi connectivity index (χ2v) is 13.3. The fourth-order valence-corrected chi connectivity index (χ4v) is 8.69. The summed E-state index contributed by atoms with van der Waals surface area (Å²) in [6, 6.07) is 27.6. The van der Waals surface area contributed by atoms with Gasteiger partial charge in [-0.25, -0.2) is 4.39 Å². The van der Waals surface area contributed by atoms with Gasteiger partial charge in [-0.1, -0.05) is 65.7 Å². The smallest absolute Gasteiger partial charge is 0.260 e. The third-order valence-corrected chi connectivity index (χ3v) is 10.7. The van der Waals surface area contributed by atoms with Crippen molar-refractivity contribution in [2.75, 3.05) is 10.3 Å². The highest BCUT2D eigenvalue weighted by molar-refractivity contribution is 6.30. The lowest BCUT2D eigenvalue weighted by atomic mass is 9.49. The molecule has 48 heavy (non-hydrogen) atoms. The van der Waals surface area contributed by atoms with Crippen molar-refractivity contribution in [2.24, 2.45) is 23.7 Å². The van der Waals surface area contributed by atoms with Crippen LogP contribution in [0.15, 0.2) is 115 Å². The molecule has 0 radical (unpaired) electrons. The molecule has 1 saturated carbocycles. The zero-order chi connectivity index (χ0) is 33.3. The number of nitrogens with zero attached hydrogens (tertiary/aromatic N) is 2. The quantitative estimate of drug-likeness (QED) is 0.190. The predicted molar refractivity (Wildman–Crippen MR) is 176 cm³/mol. The van der Waals surface area contributed by atoms with Crippen molar-refractivity contribution in [3.05, 3.63) is 137 Å². The topological polar surface area (TPSA) is 107 Å². The van der Waals surface area contributed by atoms with Crippen molar-refractivity contribution in [2.45, 2.75) is 24.2 Å². The molecule has 4 aromatic rings. The molecule has 2 aliphatic heterocycles. The molecule has 6 atom stereocenters. The molecule has 0 spiro atoms. The molecule has 8 rings (SSSR count). The Labute approximate surface area is 280 Å². The first-order valence-corrected chi connectivity index (χ1v) is 16.2. The number of benzene rings is 4. The van der Waals surface area contributed by atoms with Crippen LogP contribution < -0.4 is 10.3 Å². The van der Waals surface area contributed by atoms with Gasteiger partial charge in [-0.3, -0.25) is 29.5 Å². The van der Waals surface area contributed by atoms with Gasteiger partial charge < -0.3 is 5.11 Å². The fraction of sp³-hybridized carbons (Fsp3) is 0.211. The molecule has 240 valence electrons. The summed E-state index contributed by atoms with van der Waals surface area (Å²) in [4.78, 5) is 59.0. The number of rotatable bonds is 5. The van der Waals surface area contributed by atoms with Gasteiger partial charge in [0.2, 0.25) is 11.8 Å². The van der Waals surface area contributed by atoms with Crippen LogP contribution in [0.3, 0.4) is 0 Å². The fourth-order valence-electron chi connectivity index (χ4n) is 8.57. The van der Waals surface area contributed by atoms with Gasteiger partial charge in [0.05, 0.1) is 34.5 Å². The summed E-state index contributed by atoms with van der Waals surface area (Å²) < 4.78 is 13.8. The number of nitrogens with one attached hydrogen (secondary N) is 1. The van der Waals surface area contributed by atoms with Gasteiger partial charge in [0.25, 0.3) is 11.8 Å². The lowest BCUT2D eigenvalue weighted by molar-refractivity contribution is -0.138. The molecular formula is C38H29ClFN3O5. The second kappa shape index (κ2) is 11.2. The molecule has 2 saturated heterocycles. The molecule has 2 N–H and O–H groups in total. The number of amides is 4. The number of hydrogen-bond donors (Lipinski definition) is 2. The van der Waals surface area contributed by atoms with E-state index in [2.05, 4.69) is 5.43 Å². The maximum atomic E-state index is 15.1. The van der Waals surface area contributed by atoms with Crippen molar-refractivity contribution in [3.63, 3.8) is 0 Å². The van der Waals surface area contributed by atoms with Gasteiger partial charge >= 0.3 is 0 Å². The SMILES string of the molecule is O=C1C2CC3C(=CCC4C(=O)N(c5ccccc5)C(=O)C43)C(c3cccc(O)c3)C2(c2ccc(Cl)cc2)C(=O)N1Nc1ccc(F)cc1. The van der Waals surface area contributed by atoms with Gasteiger partial charge in [0.15, 0.2) is 0 Å². The first-order valence-electron chi connectivity index (χ1n) is 15.8. The maximum Gasteiger partial charge on any atom is 0.260 e. The van der Waals surface area contributed by atoms with Crippen LogP contribution in [0.2, 0.25) is 5.02 Å². The van der Waals surface area contributed by atoms with E-state index in [0.29, 0.717) is 27.5 Å². The first kappa shape index (κ1) is 30.1. The minimum absolute atomic E-state index is 0.0212. The van der Waals surface area contributed by atoms with E-state index < -0.39 is 52.6 Å². The molecule has 8 nitrogen and oxygen atoms in total. The summed E-state index contributed by atoms with van der Waals surface area (Å²) in [5.41, 5.74) is 4.15. The third-order valence-electron chi connectivity index (χ3n) is 10.5. The average molecular weight is 662 g/mol. The van der Waals surface area contributed by atoms with E-state index >= 15 is 4.79 Å². The lowest BCUT2D eigenvalue weighted by Gasteiger charge is -2.50. The molecule has 6 unspecified atom stereocenters. The van der Waals surface area contributed by atoms with E-state index in [1.807, 2.05) is 12.1 Å².